The Labute approximate surface area is 173 Å². The summed E-state index contributed by atoms with van der Waals surface area (Å²) in [5, 5.41) is 6.77. The molecule has 156 valence electrons. The first-order valence-corrected chi connectivity index (χ1v) is 10.5. The molecule has 29 heavy (non-hydrogen) atoms. The van der Waals surface area contributed by atoms with Gasteiger partial charge in [-0.05, 0) is 57.1 Å². The number of hydrazone groups is 1. The second kappa shape index (κ2) is 8.64. The molecule has 3 aliphatic rings. The van der Waals surface area contributed by atoms with Crippen LogP contribution in [0.1, 0.15) is 58.8 Å². The van der Waals surface area contributed by atoms with Gasteiger partial charge in [-0.3, -0.25) is 5.01 Å². The van der Waals surface area contributed by atoms with Crippen molar-refractivity contribution in [2.75, 3.05) is 7.05 Å². The van der Waals surface area contributed by atoms with E-state index in [2.05, 4.69) is 33.1 Å². The number of nitrogens with zero attached hydrogens (tertiary/aromatic N) is 2. The first-order valence-electron chi connectivity index (χ1n) is 10.5. The molecule has 0 N–H and O–H groups in total. The highest BCUT2D eigenvalue weighted by Crippen LogP contribution is 2.48. The third-order valence-corrected chi connectivity index (χ3v) is 6.56. The van der Waals surface area contributed by atoms with Gasteiger partial charge in [-0.2, -0.15) is 5.10 Å². The van der Waals surface area contributed by atoms with Crippen molar-refractivity contribution in [3.8, 4) is 0 Å². The lowest BCUT2D eigenvalue weighted by molar-refractivity contribution is 0.120. The first kappa shape index (κ1) is 21.5. The number of rotatable bonds is 7. The molecule has 0 aromatic heterocycles. The molecular weight excluding hydrogens is 366 g/mol. The molecule has 1 aliphatic heterocycles. The minimum atomic E-state index is -0.418. The van der Waals surface area contributed by atoms with Crippen LogP contribution in [0.25, 0.3) is 0 Å². The zero-order valence-corrected chi connectivity index (χ0v) is 17.9. The highest BCUT2D eigenvalue weighted by atomic mass is 19.1. The van der Waals surface area contributed by atoms with Crippen molar-refractivity contribution in [3.05, 3.63) is 71.4 Å². The van der Waals surface area contributed by atoms with Crippen LogP contribution in [0.4, 0.5) is 8.78 Å². The number of hydrogen-bond acceptors (Lipinski definition) is 2. The van der Waals surface area contributed by atoms with Crippen LogP contribution in [-0.4, -0.2) is 23.3 Å². The topological polar surface area (TPSA) is 15.6 Å². The average molecular weight is 399 g/mol. The van der Waals surface area contributed by atoms with E-state index in [1.54, 1.807) is 0 Å². The normalized spacial score (nSPS) is 25.3. The number of allylic oxidation sites excluding steroid dienone is 8. The molecule has 0 aromatic carbocycles. The maximum absolute atomic E-state index is 14.6. The molecule has 2 aliphatic carbocycles. The van der Waals surface area contributed by atoms with Crippen molar-refractivity contribution in [3.63, 3.8) is 0 Å². The summed E-state index contributed by atoms with van der Waals surface area (Å²) in [6, 6.07) is 0. The van der Waals surface area contributed by atoms with Crippen molar-refractivity contribution in [2.24, 2.45) is 11.0 Å². The van der Waals surface area contributed by atoms with E-state index in [1.165, 1.54) is 22.8 Å². The van der Waals surface area contributed by atoms with Gasteiger partial charge >= 0.3 is 0 Å². The lowest BCUT2D eigenvalue weighted by Gasteiger charge is -2.45. The van der Waals surface area contributed by atoms with Crippen molar-refractivity contribution in [2.45, 2.75) is 64.3 Å². The van der Waals surface area contributed by atoms with Gasteiger partial charge in [-0.15, -0.1) is 13.2 Å². The van der Waals surface area contributed by atoms with Crippen LogP contribution in [0.15, 0.2) is 76.5 Å². The number of likely N-dealkylation sites (N-methyl/N-ethyl adjacent to an activating group) is 1. The molecule has 0 amide bonds. The minimum absolute atomic E-state index is 0.108. The van der Waals surface area contributed by atoms with Crippen molar-refractivity contribution in [1.29, 1.82) is 0 Å². The summed E-state index contributed by atoms with van der Waals surface area (Å²) < 4.78 is 28.6. The zero-order valence-electron chi connectivity index (χ0n) is 17.9. The largest absolute Gasteiger partial charge is 0.289 e. The fourth-order valence-electron chi connectivity index (χ4n) is 4.98. The van der Waals surface area contributed by atoms with Crippen LogP contribution in [-0.2, 0) is 0 Å². The Morgan fingerprint density at radius 3 is 2.45 bits per heavy atom. The van der Waals surface area contributed by atoms with Crippen molar-refractivity contribution >= 4 is 5.71 Å². The SMILES string of the molecule is C=CCC(CC=C)C1(C2=C(C)CCC(C)=C2)CC(C2=C(F)CCC(F)=C2)=NN1C. The van der Waals surface area contributed by atoms with E-state index in [9.17, 15) is 8.78 Å². The van der Waals surface area contributed by atoms with E-state index in [4.69, 9.17) is 5.10 Å². The summed E-state index contributed by atoms with van der Waals surface area (Å²) in [6.45, 7) is 12.3. The van der Waals surface area contributed by atoms with E-state index >= 15 is 0 Å². The van der Waals surface area contributed by atoms with Crippen molar-refractivity contribution < 1.29 is 8.78 Å². The van der Waals surface area contributed by atoms with E-state index < -0.39 is 5.54 Å². The highest BCUT2D eigenvalue weighted by molar-refractivity contribution is 6.05. The molecule has 0 saturated carbocycles. The van der Waals surface area contributed by atoms with Gasteiger partial charge in [0.05, 0.1) is 11.3 Å². The van der Waals surface area contributed by atoms with Crippen LogP contribution in [0.2, 0.25) is 0 Å². The number of halogens is 2. The van der Waals surface area contributed by atoms with E-state index in [0.717, 1.165) is 25.7 Å². The van der Waals surface area contributed by atoms with Crippen LogP contribution < -0.4 is 0 Å². The summed E-state index contributed by atoms with van der Waals surface area (Å²) in [6.07, 6.45) is 12.0. The van der Waals surface area contributed by atoms with Gasteiger partial charge in [0.2, 0.25) is 0 Å². The third kappa shape index (κ3) is 3.94. The molecule has 4 heteroatoms. The Bertz CT molecular complexity index is 846. The quantitative estimate of drug-likeness (QED) is 0.417. The number of hydrogen-bond donors (Lipinski definition) is 0. The van der Waals surface area contributed by atoms with E-state index in [1.807, 2.05) is 24.2 Å². The summed E-state index contributed by atoms with van der Waals surface area (Å²) in [5.74, 6) is -0.349. The van der Waals surface area contributed by atoms with Gasteiger partial charge in [0.25, 0.3) is 0 Å². The monoisotopic (exact) mass is 398 g/mol. The smallest absolute Gasteiger partial charge is 0.110 e. The fraction of sp³-hybridized carbons (Fsp3) is 0.480. The van der Waals surface area contributed by atoms with Gasteiger partial charge in [-0.1, -0.05) is 29.4 Å². The lowest BCUT2D eigenvalue weighted by Crippen LogP contribution is -2.49. The second-order valence-electron chi connectivity index (χ2n) is 8.51. The lowest BCUT2D eigenvalue weighted by atomic mass is 9.68. The second-order valence-corrected chi connectivity index (χ2v) is 8.51. The summed E-state index contributed by atoms with van der Waals surface area (Å²) in [4.78, 5) is 0. The standard InChI is InChI=1S/C25H32F2N2/c1-6-8-19(9-7-2)25(22-14-17(3)10-11-18(22)4)16-24(28-29(25)5)21-15-20(26)12-13-23(21)27/h6-7,14-15,19H,1-2,8-13,16H2,3-5H3. The van der Waals surface area contributed by atoms with E-state index in [0.29, 0.717) is 17.7 Å². The Morgan fingerprint density at radius 2 is 1.79 bits per heavy atom. The predicted molar refractivity (Wildman–Crippen MR) is 118 cm³/mol. The molecule has 0 aromatic rings. The first-order chi connectivity index (χ1) is 13.8. The average Bonchev–Trinajstić information content (AvgIpc) is 3.03. The maximum atomic E-state index is 14.6. The van der Waals surface area contributed by atoms with Gasteiger partial charge in [-0.25, -0.2) is 8.78 Å². The fourth-order valence-corrected chi connectivity index (χ4v) is 4.98. The van der Waals surface area contributed by atoms with Gasteiger partial charge in [0, 0.05) is 31.9 Å². The van der Waals surface area contributed by atoms with E-state index in [-0.39, 0.29) is 30.4 Å². The molecule has 1 atom stereocenters. The van der Waals surface area contributed by atoms with Crippen LogP contribution in [0.5, 0.6) is 0 Å². The van der Waals surface area contributed by atoms with Crippen LogP contribution in [0, 0.1) is 5.92 Å². The Hall–Kier alpha value is -2.23. The Morgan fingerprint density at radius 1 is 1.10 bits per heavy atom. The molecule has 0 saturated heterocycles. The molecule has 1 heterocycles. The molecule has 3 rings (SSSR count). The van der Waals surface area contributed by atoms with Crippen LogP contribution >= 0.6 is 0 Å². The molecule has 0 bridgehead atoms. The predicted octanol–water partition coefficient (Wildman–Crippen LogP) is 7.11. The summed E-state index contributed by atoms with van der Waals surface area (Å²) >= 11 is 0. The summed E-state index contributed by atoms with van der Waals surface area (Å²) in [7, 11) is 1.96. The van der Waals surface area contributed by atoms with Crippen LogP contribution in [0.3, 0.4) is 0 Å². The molecule has 1 unspecified atom stereocenters. The minimum Gasteiger partial charge on any atom is -0.289 e. The maximum Gasteiger partial charge on any atom is 0.110 e. The highest BCUT2D eigenvalue weighted by Gasteiger charge is 2.50. The Balaban J connectivity index is 2.13. The zero-order chi connectivity index (χ0) is 21.2. The molecular formula is C25H32F2N2. The molecule has 2 nitrogen and oxygen atoms in total. The molecule has 0 radical (unpaired) electrons. The molecule has 0 spiro atoms. The van der Waals surface area contributed by atoms with Gasteiger partial charge < -0.3 is 0 Å². The molecule has 0 fully saturated rings. The van der Waals surface area contributed by atoms with Gasteiger partial charge in [0.15, 0.2) is 0 Å². The van der Waals surface area contributed by atoms with Gasteiger partial charge in [0.1, 0.15) is 11.7 Å². The Kier molecular flexibility index (Phi) is 6.40. The summed E-state index contributed by atoms with van der Waals surface area (Å²) in [5.41, 5.74) is 4.49. The van der Waals surface area contributed by atoms with Crippen molar-refractivity contribution in [1.82, 2.24) is 5.01 Å². The third-order valence-electron chi connectivity index (χ3n) is 6.56.